The van der Waals surface area contributed by atoms with Crippen molar-refractivity contribution in [3.8, 4) is 11.5 Å². The van der Waals surface area contributed by atoms with Crippen molar-refractivity contribution in [2.24, 2.45) is 0 Å². The van der Waals surface area contributed by atoms with Gasteiger partial charge in [0, 0.05) is 12.1 Å². The first-order valence-corrected chi connectivity index (χ1v) is 7.90. The smallest absolute Gasteiger partial charge is 0.200 e. The molecule has 4 aromatic rings. The number of ether oxygens (including phenoxy) is 1. The van der Waals surface area contributed by atoms with Gasteiger partial charge in [-0.1, -0.05) is 36.4 Å². The van der Waals surface area contributed by atoms with Gasteiger partial charge in [0.1, 0.15) is 17.3 Å². The van der Waals surface area contributed by atoms with E-state index < -0.39 is 0 Å². The largest absolute Gasteiger partial charge is 0.457 e. The Morgan fingerprint density at radius 2 is 1.76 bits per heavy atom. The van der Waals surface area contributed by atoms with Crippen LogP contribution < -0.4 is 10.1 Å². The molecule has 0 amide bonds. The van der Waals surface area contributed by atoms with E-state index in [1.54, 1.807) is 0 Å². The lowest BCUT2D eigenvalue weighted by Gasteiger charge is -2.13. The molecular weight excluding hydrogens is 316 g/mol. The zero-order valence-corrected chi connectivity index (χ0v) is 13.6. The molecule has 25 heavy (non-hydrogen) atoms. The number of aromatic nitrogens is 5. The van der Waals surface area contributed by atoms with Gasteiger partial charge in [-0.2, -0.15) is 0 Å². The SMILES string of the molecule is Cc1ccccc1Oc1ccccc1CNc1ccc2nnnn2n1. The maximum Gasteiger partial charge on any atom is 0.200 e. The van der Waals surface area contributed by atoms with Crippen LogP contribution in [0.1, 0.15) is 11.1 Å². The minimum absolute atomic E-state index is 0.572. The molecule has 0 saturated carbocycles. The number of aryl methyl sites for hydroxylation is 1. The highest BCUT2D eigenvalue weighted by Gasteiger charge is 2.07. The molecule has 2 aromatic carbocycles. The molecule has 0 aliphatic rings. The summed E-state index contributed by atoms with van der Waals surface area (Å²) in [6, 6.07) is 19.5. The van der Waals surface area contributed by atoms with E-state index in [-0.39, 0.29) is 0 Å². The maximum absolute atomic E-state index is 6.09. The van der Waals surface area contributed by atoms with E-state index in [1.165, 1.54) is 4.63 Å². The molecule has 0 radical (unpaired) electrons. The van der Waals surface area contributed by atoms with E-state index in [1.807, 2.05) is 67.6 Å². The first-order chi connectivity index (χ1) is 12.3. The Balaban J connectivity index is 1.53. The van der Waals surface area contributed by atoms with Gasteiger partial charge in [-0.15, -0.1) is 14.8 Å². The Labute approximate surface area is 144 Å². The monoisotopic (exact) mass is 332 g/mol. The summed E-state index contributed by atoms with van der Waals surface area (Å²) in [4.78, 5) is 0. The van der Waals surface area contributed by atoms with Crippen molar-refractivity contribution in [1.82, 2.24) is 25.3 Å². The summed E-state index contributed by atoms with van der Waals surface area (Å²) in [5.74, 6) is 2.35. The third kappa shape index (κ3) is 3.25. The quantitative estimate of drug-likeness (QED) is 0.604. The summed E-state index contributed by atoms with van der Waals surface area (Å²) in [6.07, 6.45) is 0. The minimum atomic E-state index is 0.572. The molecular formula is C18H16N6O. The second kappa shape index (κ2) is 6.56. The fourth-order valence-corrected chi connectivity index (χ4v) is 2.47. The number of hydrogen-bond donors (Lipinski definition) is 1. The Morgan fingerprint density at radius 3 is 2.64 bits per heavy atom. The van der Waals surface area contributed by atoms with Crippen LogP contribution in [0.15, 0.2) is 60.7 Å². The first-order valence-electron chi connectivity index (χ1n) is 7.90. The molecule has 0 aliphatic heterocycles. The third-order valence-corrected chi connectivity index (χ3v) is 3.82. The van der Waals surface area contributed by atoms with Crippen LogP contribution in [0.5, 0.6) is 11.5 Å². The Bertz CT molecular complexity index is 1010. The van der Waals surface area contributed by atoms with E-state index >= 15 is 0 Å². The number of nitrogens with zero attached hydrogens (tertiary/aromatic N) is 5. The summed E-state index contributed by atoms with van der Waals surface area (Å²) in [5, 5.41) is 18.8. The molecule has 0 fully saturated rings. The minimum Gasteiger partial charge on any atom is -0.457 e. The molecule has 1 N–H and O–H groups in total. The van der Waals surface area contributed by atoms with Crippen LogP contribution in [-0.2, 0) is 6.54 Å². The van der Waals surface area contributed by atoms with Gasteiger partial charge in [-0.05, 0) is 47.2 Å². The predicted molar refractivity (Wildman–Crippen MR) is 93.6 cm³/mol. The number of benzene rings is 2. The van der Waals surface area contributed by atoms with Crippen molar-refractivity contribution >= 4 is 11.5 Å². The van der Waals surface area contributed by atoms with E-state index in [2.05, 4.69) is 25.9 Å². The number of nitrogens with one attached hydrogen (secondary N) is 1. The Hall–Kier alpha value is -3.48. The lowest BCUT2D eigenvalue weighted by molar-refractivity contribution is 0.473. The molecule has 0 aliphatic carbocycles. The fraction of sp³-hybridized carbons (Fsp3) is 0.111. The van der Waals surface area contributed by atoms with E-state index in [9.17, 15) is 0 Å². The average Bonchev–Trinajstić information content (AvgIpc) is 3.11. The highest BCUT2D eigenvalue weighted by Crippen LogP contribution is 2.28. The maximum atomic E-state index is 6.09. The number of hydrogen-bond acceptors (Lipinski definition) is 6. The van der Waals surface area contributed by atoms with E-state index in [4.69, 9.17) is 4.74 Å². The van der Waals surface area contributed by atoms with Crippen molar-refractivity contribution in [2.75, 3.05) is 5.32 Å². The lowest BCUT2D eigenvalue weighted by Crippen LogP contribution is -2.05. The van der Waals surface area contributed by atoms with Gasteiger partial charge in [0.15, 0.2) is 5.65 Å². The van der Waals surface area contributed by atoms with Gasteiger partial charge in [0.2, 0.25) is 0 Å². The molecule has 2 aromatic heterocycles. The third-order valence-electron chi connectivity index (χ3n) is 3.82. The van der Waals surface area contributed by atoms with Gasteiger partial charge < -0.3 is 10.1 Å². The molecule has 0 spiro atoms. The topological polar surface area (TPSA) is 77.2 Å². The molecule has 2 heterocycles. The van der Waals surface area contributed by atoms with Crippen molar-refractivity contribution in [1.29, 1.82) is 0 Å². The second-order valence-electron chi connectivity index (χ2n) is 5.57. The summed E-state index contributed by atoms with van der Waals surface area (Å²) < 4.78 is 7.48. The molecule has 4 rings (SSSR count). The van der Waals surface area contributed by atoms with E-state index in [0.717, 1.165) is 22.6 Å². The normalized spacial score (nSPS) is 10.8. The molecule has 0 saturated heterocycles. The number of tetrazole rings is 1. The lowest BCUT2D eigenvalue weighted by atomic mass is 10.2. The standard InChI is InChI=1S/C18H16N6O/c1-13-6-2-4-8-15(13)25-16-9-5-3-7-14(16)12-19-17-10-11-18-20-22-23-24(18)21-17/h2-11H,12H2,1H3,(H,19,21). The van der Waals surface area contributed by atoms with E-state index in [0.29, 0.717) is 18.0 Å². The zero-order chi connectivity index (χ0) is 17.1. The fourth-order valence-electron chi connectivity index (χ4n) is 2.47. The van der Waals surface area contributed by atoms with Crippen LogP contribution in [-0.4, -0.2) is 25.3 Å². The van der Waals surface area contributed by atoms with Crippen molar-refractivity contribution < 1.29 is 4.74 Å². The molecule has 0 bridgehead atoms. The van der Waals surface area contributed by atoms with Crippen molar-refractivity contribution in [3.63, 3.8) is 0 Å². The molecule has 7 nitrogen and oxygen atoms in total. The number of rotatable bonds is 5. The second-order valence-corrected chi connectivity index (χ2v) is 5.57. The predicted octanol–water partition coefficient (Wildman–Crippen LogP) is 3.23. The zero-order valence-electron chi connectivity index (χ0n) is 13.6. The summed E-state index contributed by atoms with van der Waals surface area (Å²) in [6.45, 7) is 2.60. The van der Waals surface area contributed by atoms with Gasteiger partial charge in [-0.3, -0.25) is 0 Å². The van der Waals surface area contributed by atoms with Crippen LogP contribution in [0, 0.1) is 6.92 Å². The highest BCUT2D eigenvalue weighted by molar-refractivity contribution is 5.45. The number of anilines is 1. The van der Waals surface area contributed by atoms with Gasteiger partial charge >= 0.3 is 0 Å². The van der Waals surface area contributed by atoms with Crippen LogP contribution in [0.25, 0.3) is 5.65 Å². The Morgan fingerprint density at radius 1 is 0.960 bits per heavy atom. The van der Waals surface area contributed by atoms with Gasteiger partial charge in [0.25, 0.3) is 0 Å². The first kappa shape index (κ1) is 15.1. The number of para-hydroxylation sites is 2. The molecule has 0 atom stereocenters. The van der Waals surface area contributed by atoms with Crippen LogP contribution in [0.3, 0.4) is 0 Å². The Kier molecular flexibility index (Phi) is 3.96. The summed E-state index contributed by atoms with van der Waals surface area (Å²) >= 11 is 0. The summed E-state index contributed by atoms with van der Waals surface area (Å²) in [5.41, 5.74) is 2.73. The molecule has 0 unspecified atom stereocenters. The van der Waals surface area contributed by atoms with Gasteiger partial charge in [-0.25, -0.2) is 0 Å². The van der Waals surface area contributed by atoms with Crippen LogP contribution in [0.2, 0.25) is 0 Å². The van der Waals surface area contributed by atoms with Crippen LogP contribution >= 0.6 is 0 Å². The van der Waals surface area contributed by atoms with Crippen molar-refractivity contribution in [2.45, 2.75) is 13.5 Å². The van der Waals surface area contributed by atoms with Crippen LogP contribution in [0.4, 0.5) is 5.82 Å². The molecule has 124 valence electrons. The number of fused-ring (bicyclic) bond motifs is 1. The summed E-state index contributed by atoms with van der Waals surface area (Å²) in [7, 11) is 0. The highest BCUT2D eigenvalue weighted by atomic mass is 16.5. The average molecular weight is 332 g/mol. The van der Waals surface area contributed by atoms with Gasteiger partial charge in [0.05, 0.1) is 0 Å². The molecule has 7 heteroatoms. The van der Waals surface area contributed by atoms with Crippen molar-refractivity contribution in [3.05, 3.63) is 71.8 Å².